The Bertz CT molecular complexity index is 359. The average molecular weight is 227 g/mol. The Hall–Kier alpha value is -1.29. The zero-order valence-electron chi connectivity index (χ0n) is 9.46. The fourth-order valence-corrected chi connectivity index (χ4v) is 1.31. The zero-order valence-corrected chi connectivity index (χ0v) is 9.46. The molecule has 0 spiro atoms. The molecule has 0 unspecified atom stereocenters. The summed E-state index contributed by atoms with van der Waals surface area (Å²) in [7, 11) is 1.89. The van der Waals surface area contributed by atoms with Gasteiger partial charge in [-0.15, -0.1) is 0 Å². The summed E-state index contributed by atoms with van der Waals surface area (Å²) >= 11 is 0. The largest absolute Gasteiger partial charge is 0.306 e. The van der Waals surface area contributed by atoms with Gasteiger partial charge < -0.3 is 4.90 Å². The number of hydrogen-bond acceptors (Lipinski definition) is 2. The minimum Gasteiger partial charge on any atom is -0.306 e. The molecule has 0 bridgehead atoms. The van der Waals surface area contributed by atoms with Gasteiger partial charge in [0.05, 0.1) is 0 Å². The summed E-state index contributed by atoms with van der Waals surface area (Å²) in [6.45, 7) is 3.41. The van der Waals surface area contributed by atoms with E-state index in [9.17, 15) is 13.6 Å². The monoisotopic (exact) mass is 227 g/mol. The number of carbonyl (C=O) groups excluding carboxylic acids is 1. The molecule has 0 aliphatic rings. The van der Waals surface area contributed by atoms with E-state index < -0.39 is 11.6 Å². The van der Waals surface area contributed by atoms with E-state index in [1.54, 1.807) is 0 Å². The van der Waals surface area contributed by atoms with Crippen LogP contribution in [0.25, 0.3) is 0 Å². The lowest BCUT2D eigenvalue weighted by Gasteiger charge is -2.12. The standard InChI is InChI=1S/C12H15F2NO/c1-3-15(2)5-4-12(16)9-6-10(13)8-11(14)7-9/h6-8H,3-5H2,1-2H3. The number of hydrogen-bond donors (Lipinski definition) is 0. The number of Topliss-reactive ketones (excluding diaryl/α,β-unsaturated/α-hetero) is 1. The van der Waals surface area contributed by atoms with Crippen LogP contribution >= 0.6 is 0 Å². The van der Waals surface area contributed by atoms with Crippen LogP contribution in [0.2, 0.25) is 0 Å². The van der Waals surface area contributed by atoms with E-state index in [2.05, 4.69) is 0 Å². The molecular weight excluding hydrogens is 212 g/mol. The number of rotatable bonds is 5. The lowest BCUT2D eigenvalue weighted by Crippen LogP contribution is -2.21. The summed E-state index contributed by atoms with van der Waals surface area (Å²) < 4.78 is 25.7. The molecule has 88 valence electrons. The van der Waals surface area contributed by atoms with E-state index >= 15 is 0 Å². The van der Waals surface area contributed by atoms with Crippen LogP contribution < -0.4 is 0 Å². The maximum absolute atomic E-state index is 12.9. The van der Waals surface area contributed by atoms with Crippen molar-refractivity contribution in [1.29, 1.82) is 0 Å². The molecule has 0 amide bonds. The minimum absolute atomic E-state index is 0.0991. The third kappa shape index (κ3) is 3.70. The quantitative estimate of drug-likeness (QED) is 0.720. The molecule has 0 radical (unpaired) electrons. The van der Waals surface area contributed by atoms with Gasteiger partial charge in [-0.3, -0.25) is 4.79 Å². The fourth-order valence-electron chi connectivity index (χ4n) is 1.31. The second-order valence-corrected chi connectivity index (χ2v) is 3.73. The first kappa shape index (κ1) is 12.8. The van der Waals surface area contributed by atoms with E-state index in [1.807, 2.05) is 18.9 Å². The van der Waals surface area contributed by atoms with Crippen LogP contribution in [0.4, 0.5) is 8.78 Å². The first-order valence-corrected chi connectivity index (χ1v) is 5.20. The first-order valence-electron chi connectivity index (χ1n) is 5.20. The molecule has 0 saturated heterocycles. The predicted octanol–water partition coefficient (Wildman–Crippen LogP) is 2.49. The highest BCUT2D eigenvalue weighted by atomic mass is 19.1. The first-order chi connectivity index (χ1) is 7.52. The maximum atomic E-state index is 12.9. The van der Waals surface area contributed by atoms with E-state index in [0.717, 1.165) is 24.7 Å². The molecule has 1 aromatic rings. The zero-order chi connectivity index (χ0) is 12.1. The van der Waals surface area contributed by atoms with Crippen molar-refractivity contribution in [2.75, 3.05) is 20.1 Å². The van der Waals surface area contributed by atoms with Gasteiger partial charge in [-0.05, 0) is 25.7 Å². The smallest absolute Gasteiger partial charge is 0.164 e. The van der Waals surface area contributed by atoms with Gasteiger partial charge >= 0.3 is 0 Å². The molecule has 1 aromatic carbocycles. The fraction of sp³-hybridized carbons (Fsp3) is 0.417. The van der Waals surface area contributed by atoms with E-state index in [4.69, 9.17) is 0 Å². The maximum Gasteiger partial charge on any atom is 0.164 e. The van der Waals surface area contributed by atoms with Crippen molar-refractivity contribution in [2.24, 2.45) is 0 Å². The van der Waals surface area contributed by atoms with Gasteiger partial charge in [0.2, 0.25) is 0 Å². The van der Waals surface area contributed by atoms with Gasteiger partial charge in [-0.1, -0.05) is 6.92 Å². The van der Waals surface area contributed by atoms with Crippen molar-refractivity contribution < 1.29 is 13.6 Å². The van der Waals surface area contributed by atoms with Crippen LogP contribution in [0.5, 0.6) is 0 Å². The lowest BCUT2D eigenvalue weighted by atomic mass is 10.1. The minimum atomic E-state index is -0.716. The molecule has 0 atom stereocenters. The SMILES string of the molecule is CCN(C)CCC(=O)c1cc(F)cc(F)c1. The molecule has 16 heavy (non-hydrogen) atoms. The van der Waals surface area contributed by atoms with E-state index in [-0.39, 0.29) is 17.8 Å². The van der Waals surface area contributed by atoms with Gasteiger partial charge in [-0.25, -0.2) is 8.78 Å². The van der Waals surface area contributed by atoms with Crippen LogP contribution in [0, 0.1) is 11.6 Å². The Morgan fingerprint density at radius 1 is 1.25 bits per heavy atom. The van der Waals surface area contributed by atoms with Crippen molar-refractivity contribution in [2.45, 2.75) is 13.3 Å². The van der Waals surface area contributed by atoms with Crippen molar-refractivity contribution in [3.8, 4) is 0 Å². The van der Waals surface area contributed by atoms with Gasteiger partial charge in [0.25, 0.3) is 0 Å². The molecule has 0 fully saturated rings. The predicted molar refractivity (Wildman–Crippen MR) is 58.5 cm³/mol. The van der Waals surface area contributed by atoms with Gasteiger partial charge in [0, 0.05) is 24.6 Å². The van der Waals surface area contributed by atoms with Crippen LogP contribution in [0.15, 0.2) is 18.2 Å². The molecular formula is C12H15F2NO. The lowest BCUT2D eigenvalue weighted by molar-refractivity contribution is 0.0969. The molecule has 4 heteroatoms. The van der Waals surface area contributed by atoms with Crippen molar-refractivity contribution >= 4 is 5.78 Å². The van der Waals surface area contributed by atoms with Crippen LogP contribution in [-0.4, -0.2) is 30.8 Å². The second kappa shape index (κ2) is 5.70. The molecule has 0 aromatic heterocycles. The topological polar surface area (TPSA) is 20.3 Å². The molecule has 0 saturated carbocycles. The van der Waals surface area contributed by atoms with Gasteiger partial charge in [0.15, 0.2) is 5.78 Å². The Labute approximate surface area is 93.9 Å². The van der Waals surface area contributed by atoms with Gasteiger partial charge in [-0.2, -0.15) is 0 Å². The summed E-state index contributed by atoms with van der Waals surface area (Å²) in [6, 6.07) is 2.89. The number of benzene rings is 1. The van der Waals surface area contributed by atoms with Crippen LogP contribution in [0.1, 0.15) is 23.7 Å². The third-order valence-electron chi connectivity index (χ3n) is 2.44. The Morgan fingerprint density at radius 3 is 2.31 bits per heavy atom. The molecule has 0 N–H and O–H groups in total. The molecule has 2 nitrogen and oxygen atoms in total. The Morgan fingerprint density at radius 2 is 1.81 bits per heavy atom. The third-order valence-corrected chi connectivity index (χ3v) is 2.44. The molecule has 0 aliphatic carbocycles. The summed E-state index contributed by atoms with van der Waals surface area (Å²) in [5.74, 6) is -1.67. The second-order valence-electron chi connectivity index (χ2n) is 3.73. The molecule has 1 rings (SSSR count). The Balaban J connectivity index is 2.66. The van der Waals surface area contributed by atoms with Gasteiger partial charge in [0.1, 0.15) is 11.6 Å². The molecule has 0 heterocycles. The molecule has 0 aliphatic heterocycles. The summed E-state index contributed by atoms with van der Waals surface area (Å²) in [5, 5.41) is 0. The van der Waals surface area contributed by atoms with E-state index in [1.165, 1.54) is 0 Å². The highest BCUT2D eigenvalue weighted by Gasteiger charge is 2.09. The number of carbonyl (C=O) groups is 1. The summed E-state index contributed by atoms with van der Waals surface area (Å²) in [4.78, 5) is 13.6. The number of ketones is 1. The normalized spacial score (nSPS) is 10.8. The van der Waals surface area contributed by atoms with E-state index in [0.29, 0.717) is 6.54 Å². The van der Waals surface area contributed by atoms with Crippen molar-refractivity contribution in [1.82, 2.24) is 4.90 Å². The summed E-state index contributed by atoms with van der Waals surface area (Å²) in [5.41, 5.74) is 0.0991. The highest BCUT2D eigenvalue weighted by molar-refractivity contribution is 5.96. The van der Waals surface area contributed by atoms with Crippen LogP contribution in [-0.2, 0) is 0 Å². The number of halogens is 2. The summed E-state index contributed by atoms with van der Waals surface area (Å²) in [6.07, 6.45) is 0.271. The number of nitrogens with zero attached hydrogens (tertiary/aromatic N) is 1. The van der Waals surface area contributed by atoms with Crippen molar-refractivity contribution in [3.63, 3.8) is 0 Å². The van der Waals surface area contributed by atoms with Crippen molar-refractivity contribution in [3.05, 3.63) is 35.4 Å². The van der Waals surface area contributed by atoms with Crippen LogP contribution in [0.3, 0.4) is 0 Å². The Kier molecular flexibility index (Phi) is 4.55. The average Bonchev–Trinajstić information content (AvgIpc) is 2.23. The highest BCUT2D eigenvalue weighted by Crippen LogP contribution is 2.10.